The number of hydrogen-bond acceptors (Lipinski definition) is 3. The normalized spacial score (nSPS) is 18.3. The van der Waals surface area contributed by atoms with E-state index in [9.17, 15) is 13.8 Å². The van der Waals surface area contributed by atoms with E-state index in [0.717, 1.165) is 6.42 Å². The van der Waals surface area contributed by atoms with Crippen molar-refractivity contribution < 1.29 is 13.8 Å². The molecule has 19 heavy (non-hydrogen) atoms. The molecule has 2 rings (SSSR count). The van der Waals surface area contributed by atoms with Crippen molar-refractivity contribution in [3.63, 3.8) is 0 Å². The zero-order chi connectivity index (χ0) is 14.0. The molecule has 0 aromatic heterocycles. The second-order valence-electron chi connectivity index (χ2n) is 4.49. The number of carbonyl (C=O) groups is 2. The van der Waals surface area contributed by atoms with Crippen LogP contribution < -0.4 is 4.90 Å². The molecule has 0 spiro atoms. The van der Waals surface area contributed by atoms with Crippen LogP contribution >= 0.6 is 0 Å². The Morgan fingerprint density at radius 2 is 2.11 bits per heavy atom. The molecule has 1 aliphatic heterocycles. The van der Waals surface area contributed by atoms with Gasteiger partial charge in [-0.2, -0.15) is 0 Å². The Kier molecular flexibility index (Phi) is 4.14. The van der Waals surface area contributed by atoms with Gasteiger partial charge < -0.3 is 4.90 Å². The summed E-state index contributed by atoms with van der Waals surface area (Å²) in [6.07, 6.45) is 1.24. The van der Waals surface area contributed by atoms with E-state index in [-0.39, 0.29) is 17.4 Å². The van der Waals surface area contributed by atoms with Crippen LogP contribution in [0, 0.1) is 0 Å². The fraction of sp³-hybridized carbons (Fsp3) is 0.429. The SMILES string of the molecule is CCCN1C(=O)CS(=O)c2ccc(C(=O)CC)cc21. The van der Waals surface area contributed by atoms with Gasteiger partial charge in [-0.05, 0) is 18.6 Å². The molecule has 1 aliphatic rings. The summed E-state index contributed by atoms with van der Waals surface area (Å²) in [5, 5.41) is 0. The van der Waals surface area contributed by atoms with Crippen molar-refractivity contribution >= 4 is 28.2 Å². The van der Waals surface area contributed by atoms with Crippen LogP contribution in [0.2, 0.25) is 0 Å². The number of hydrogen-bond donors (Lipinski definition) is 0. The van der Waals surface area contributed by atoms with Crippen molar-refractivity contribution in [1.82, 2.24) is 0 Å². The molecular weight excluding hydrogens is 262 g/mol. The van der Waals surface area contributed by atoms with Crippen LogP contribution in [0.25, 0.3) is 0 Å². The highest BCUT2D eigenvalue weighted by Crippen LogP contribution is 2.30. The molecular formula is C14H17NO3S. The maximum Gasteiger partial charge on any atom is 0.240 e. The van der Waals surface area contributed by atoms with E-state index in [0.29, 0.717) is 29.1 Å². The summed E-state index contributed by atoms with van der Waals surface area (Å²) in [6, 6.07) is 5.11. The van der Waals surface area contributed by atoms with Gasteiger partial charge in [0.1, 0.15) is 5.75 Å². The molecule has 102 valence electrons. The van der Waals surface area contributed by atoms with Crippen molar-refractivity contribution in [2.45, 2.75) is 31.6 Å². The first-order chi connectivity index (χ1) is 9.08. The van der Waals surface area contributed by atoms with Gasteiger partial charge in [-0.15, -0.1) is 0 Å². The minimum absolute atomic E-state index is 0.0306. The number of Topliss-reactive ketones (excluding diaryl/α,β-unsaturated/α-hetero) is 1. The van der Waals surface area contributed by atoms with Crippen molar-refractivity contribution in [2.75, 3.05) is 17.2 Å². The van der Waals surface area contributed by atoms with E-state index in [4.69, 9.17) is 0 Å². The van der Waals surface area contributed by atoms with Crippen molar-refractivity contribution in [3.05, 3.63) is 23.8 Å². The number of ketones is 1. The minimum Gasteiger partial charge on any atom is -0.310 e. The molecule has 5 heteroatoms. The number of nitrogens with zero attached hydrogens (tertiary/aromatic N) is 1. The lowest BCUT2D eigenvalue weighted by atomic mass is 10.1. The maximum atomic E-state index is 12.0. The fourth-order valence-electron chi connectivity index (χ4n) is 2.17. The van der Waals surface area contributed by atoms with Crippen molar-refractivity contribution in [2.24, 2.45) is 0 Å². The highest BCUT2D eigenvalue weighted by molar-refractivity contribution is 7.86. The van der Waals surface area contributed by atoms with Crippen molar-refractivity contribution in [3.8, 4) is 0 Å². The first-order valence-corrected chi connectivity index (χ1v) is 7.76. The number of anilines is 1. The lowest BCUT2D eigenvalue weighted by Gasteiger charge is -2.28. The van der Waals surface area contributed by atoms with Gasteiger partial charge in [0.25, 0.3) is 0 Å². The van der Waals surface area contributed by atoms with Gasteiger partial charge in [0.15, 0.2) is 5.78 Å². The lowest BCUT2D eigenvalue weighted by molar-refractivity contribution is -0.116. The molecule has 1 aromatic carbocycles. The largest absolute Gasteiger partial charge is 0.310 e. The Hall–Kier alpha value is -1.49. The first-order valence-electron chi connectivity index (χ1n) is 6.44. The molecule has 0 saturated heterocycles. The monoisotopic (exact) mass is 279 g/mol. The van der Waals surface area contributed by atoms with E-state index < -0.39 is 10.8 Å². The summed E-state index contributed by atoms with van der Waals surface area (Å²) in [6.45, 7) is 4.38. The third-order valence-corrected chi connectivity index (χ3v) is 4.49. The molecule has 0 saturated carbocycles. The number of amides is 1. The van der Waals surface area contributed by atoms with Crippen LogP contribution in [-0.2, 0) is 15.6 Å². The predicted octanol–water partition coefficient (Wildman–Crippen LogP) is 2.14. The third kappa shape index (κ3) is 2.61. The Bertz CT molecular complexity index is 554. The van der Waals surface area contributed by atoms with Gasteiger partial charge >= 0.3 is 0 Å². The maximum absolute atomic E-state index is 12.0. The van der Waals surface area contributed by atoms with Crippen LogP contribution in [0.5, 0.6) is 0 Å². The zero-order valence-corrected chi connectivity index (χ0v) is 12.0. The third-order valence-electron chi connectivity index (χ3n) is 3.14. The molecule has 1 heterocycles. The summed E-state index contributed by atoms with van der Waals surface area (Å²) in [5.74, 6) is -0.0644. The van der Waals surface area contributed by atoms with Crippen LogP contribution in [-0.4, -0.2) is 28.2 Å². The summed E-state index contributed by atoms with van der Waals surface area (Å²) in [5.41, 5.74) is 1.21. The predicted molar refractivity (Wildman–Crippen MR) is 75.0 cm³/mol. The van der Waals surface area contributed by atoms with Crippen LogP contribution in [0.15, 0.2) is 23.1 Å². The van der Waals surface area contributed by atoms with Crippen LogP contribution in [0.4, 0.5) is 5.69 Å². The quantitative estimate of drug-likeness (QED) is 0.793. The van der Waals surface area contributed by atoms with Gasteiger partial charge in [-0.1, -0.05) is 19.9 Å². The summed E-state index contributed by atoms with van der Waals surface area (Å²) in [4.78, 5) is 26.0. The van der Waals surface area contributed by atoms with Gasteiger partial charge in [0, 0.05) is 18.5 Å². The standard InChI is InChI=1S/C14H17NO3S/c1-3-7-15-11-8-10(12(16)4-2)5-6-13(11)19(18)9-14(15)17/h5-6,8H,3-4,7,9H2,1-2H3. The van der Waals surface area contributed by atoms with Crippen molar-refractivity contribution in [1.29, 1.82) is 0 Å². The average molecular weight is 279 g/mol. The molecule has 0 bridgehead atoms. The number of benzene rings is 1. The minimum atomic E-state index is -1.30. The molecule has 1 amide bonds. The molecule has 0 aliphatic carbocycles. The van der Waals surface area contributed by atoms with Crippen LogP contribution in [0.1, 0.15) is 37.0 Å². The average Bonchev–Trinajstić information content (AvgIpc) is 2.42. The Morgan fingerprint density at radius 1 is 1.37 bits per heavy atom. The lowest BCUT2D eigenvalue weighted by Crippen LogP contribution is -2.39. The molecule has 0 N–H and O–H groups in total. The Morgan fingerprint density at radius 3 is 2.74 bits per heavy atom. The molecule has 0 fully saturated rings. The molecule has 0 radical (unpaired) electrons. The number of rotatable bonds is 4. The highest BCUT2D eigenvalue weighted by atomic mass is 32.2. The van der Waals surface area contributed by atoms with Gasteiger partial charge in [0.2, 0.25) is 5.91 Å². The second-order valence-corrected chi connectivity index (χ2v) is 5.91. The van der Waals surface area contributed by atoms with Gasteiger partial charge in [0.05, 0.1) is 21.4 Å². The smallest absolute Gasteiger partial charge is 0.240 e. The topological polar surface area (TPSA) is 54.5 Å². The molecule has 1 aromatic rings. The van der Waals surface area contributed by atoms with Gasteiger partial charge in [-0.3, -0.25) is 13.8 Å². The number of carbonyl (C=O) groups excluding carboxylic acids is 2. The summed E-state index contributed by atoms with van der Waals surface area (Å²) in [7, 11) is -1.30. The Balaban J connectivity index is 2.51. The first kappa shape index (κ1) is 13.9. The van der Waals surface area contributed by atoms with Crippen LogP contribution in [0.3, 0.4) is 0 Å². The van der Waals surface area contributed by atoms with E-state index >= 15 is 0 Å². The van der Waals surface area contributed by atoms with E-state index in [1.54, 1.807) is 30.0 Å². The second kappa shape index (κ2) is 5.65. The summed E-state index contributed by atoms with van der Waals surface area (Å²) < 4.78 is 12.0. The highest BCUT2D eigenvalue weighted by Gasteiger charge is 2.29. The molecule has 4 nitrogen and oxygen atoms in total. The van der Waals surface area contributed by atoms with E-state index in [1.807, 2.05) is 6.92 Å². The van der Waals surface area contributed by atoms with Gasteiger partial charge in [-0.25, -0.2) is 0 Å². The molecule has 1 unspecified atom stereocenters. The zero-order valence-electron chi connectivity index (χ0n) is 11.1. The number of fused-ring (bicyclic) bond motifs is 1. The van der Waals surface area contributed by atoms with E-state index in [2.05, 4.69) is 0 Å². The Labute approximate surface area is 115 Å². The molecule has 1 atom stereocenters. The fourth-order valence-corrected chi connectivity index (χ4v) is 3.33. The van der Waals surface area contributed by atoms with E-state index in [1.165, 1.54) is 0 Å². The summed E-state index contributed by atoms with van der Waals surface area (Å²) >= 11 is 0.